The number of carbonyl (C=O) groups excluding carboxylic acids is 1. The van der Waals surface area contributed by atoms with Gasteiger partial charge in [-0.05, 0) is 57.3 Å². The zero-order chi connectivity index (χ0) is 19.4. The van der Waals surface area contributed by atoms with E-state index in [0.717, 1.165) is 49.7 Å². The molecule has 1 aromatic carbocycles. The predicted octanol–water partition coefficient (Wildman–Crippen LogP) is 3.61. The normalized spacial score (nSPS) is 20.7. The Hall–Kier alpha value is -1.00. The van der Waals surface area contributed by atoms with Crippen molar-refractivity contribution in [3.05, 3.63) is 29.1 Å². The molecule has 0 radical (unpaired) electrons. The van der Waals surface area contributed by atoms with Gasteiger partial charge in [0.2, 0.25) is 0 Å². The molecule has 1 aliphatic carbocycles. The van der Waals surface area contributed by atoms with Gasteiger partial charge in [-0.25, -0.2) is 13.0 Å². The van der Waals surface area contributed by atoms with Gasteiger partial charge in [0.1, 0.15) is 29.9 Å². The Bertz CT molecular complexity index is 673. The van der Waals surface area contributed by atoms with Crippen LogP contribution in [-0.4, -0.2) is 54.8 Å². The smallest absolute Gasteiger partial charge is 0.264 e. The zero-order valence-corrected chi connectivity index (χ0v) is 17.5. The van der Waals surface area contributed by atoms with Crippen molar-refractivity contribution >= 4 is 30.1 Å². The number of carbonyl (C=O) groups is 1. The monoisotopic (exact) mass is 415 g/mol. The summed E-state index contributed by atoms with van der Waals surface area (Å²) in [4.78, 5) is 12.1. The molecule has 1 aliphatic heterocycles. The second-order valence-corrected chi connectivity index (χ2v) is 8.65. The number of halogens is 1. The van der Waals surface area contributed by atoms with Crippen molar-refractivity contribution in [2.75, 3.05) is 33.4 Å². The average molecular weight is 416 g/mol. The Balaban J connectivity index is 1.72. The number of hydrogen-bond donors (Lipinski definition) is 1. The predicted molar refractivity (Wildman–Crippen MR) is 107 cm³/mol. The fraction of sp³-hybridized carbons (Fsp3) is 0.611. The number of hydrogen-bond acceptors (Lipinski definition) is 7. The summed E-state index contributed by atoms with van der Waals surface area (Å²) in [6, 6.07) is 3.03. The molecule has 1 aromatic rings. The van der Waals surface area contributed by atoms with E-state index in [1.54, 1.807) is 12.3 Å². The summed E-state index contributed by atoms with van der Waals surface area (Å²) < 4.78 is 30.8. The Kier molecular flexibility index (Phi) is 7.27. The highest BCUT2D eigenvalue weighted by Crippen LogP contribution is 2.45. The molecule has 1 N–H and O–H groups in total. The summed E-state index contributed by atoms with van der Waals surface area (Å²) in [6.45, 7) is 1.47. The first-order chi connectivity index (χ1) is 13.0. The maximum atomic E-state index is 14.5. The van der Waals surface area contributed by atoms with E-state index in [0.29, 0.717) is 18.2 Å². The van der Waals surface area contributed by atoms with E-state index in [2.05, 4.69) is 4.72 Å². The first-order valence-electron chi connectivity index (χ1n) is 9.08. The van der Waals surface area contributed by atoms with Gasteiger partial charge in [0.15, 0.2) is 0 Å². The van der Waals surface area contributed by atoms with Crippen molar-refractivity contribution in [1.29, 1.82) is 0 Å². The van der Waals surface area contributed by atoms with Crippen molar-refractivity contribution < 1.29 is 18.2 Å². The van der Waals surface area contributed by atoms with E-state index in [-0.39, 0.29) is 11.7 Å². The zero-order valence-electron chi connectivity index (χ0n) is 15.9. The molecule has 1 saturated carbocycles. The van der Waals surface area contributed by atoms with Crippen LogP contribution in [0.4, 0.5) is 4.39 Å². The number of piperidine rings is 1. The number of nitrogens with one attached hydrogen (secondary N) is 1. The summed E-state index contributed by atoms with van der Waals surface area (Å²) in [6.07, 6.45) is 5.61. The van der Waals surface area contributed by atoms with Crippen LogP contribution in [0.25, 0.3) is 0 Å². The lowest BCUT2D eigenvalue weighted by molar-refractivity contribution is -0.0872. The lowest BCUT2D eigenvalue weighted by Gasteiger charge is -2.32. The third-order valence-electron chi connectivity index (χ3n) is 4.48. The van der Waals surface area contributed by atoms with Crippen molar-refractivity contribution in [1.82, 2.24) is 14.1 Å². The van der Waals surface area contributed by atoms with Crippen LogP contribution in [0.5, 0.6) is 5.75 Å². The van der Waals surface area contributed by atoms with Crippen LogP contribution < -0.4 is 9.46 Å². The minimum absolute atomic E-state index is 0.0655. The van der Waals surface area contributed by atoms with Crippen LogP contribution in [0, 0.1) is 5.82 Å². The molecule has 0 bridgehead atoms. The molecule has 2 aliphatic rings. The van der Waals surface area contributed by atoms with E-state index >= 15 is 0 Å². The van der Waals surface area contributed by atoms with E-state index in [1.165, 1.54) is 18.3 Å². The molecule has 1 unspecified atom stereocenters. The third kappa shape index (κ3) is 5.74. The number of benzene rings is 1. The van der Waals surface area contributed by atoms with Gasteiger partial charge in [-0.3, -0.25) is 9.52 Å². The lowest BCUT2D eigenvalue weighted by atomic mass is 10.0. The largest absolute Gasteiger partial charge is 0.489 e. The highest BCUT2D eigenvalue weighted by Gasteiger charge is 2.31. The van der Waals surface area contributed by atoms with Crippen molar-refractivity contribution in [3.8, 4) is 5.75 Å². The number of rotatable bonds is 8. The molecule has 3 rings (SSSR count). The SMILES string of the molecule is CSNC(=O)c1cc(C2CC2)c(OC2CCCN(OSN(C)C)C2)cc1F. The Morgan fingerprint density at radius 2 is 2.11 bits per heavy atom. The van der Waals surface area contributed by atoms with Gasteiger partial charge in [-0.2, -0.15) is 5.06 Å². The average Bonchev–Trinajstić information content (AvgIpc) is 3.45. The molecular weight excluding hydrogens is 389 g/mol. The van der Waals surface area contributed by atoms with Crippen LogP contribution in [0.3, 0.4) is 0 Å². The Morgan fingerprint density at radius 3 is 2.78 bits per heavy atom. The van der Waals surface area contributed by atoms with Crippen LogP contribution in [0.1, 0.15) is 47.5 Å². The van der Waals surface area contributed by atoms with Gasteiger partial charge in [0, 0.05) is 18.9 Å². The van der Waals surface area contributed by atoms with Crippen molar-refractivity contribution in [2.24, 2.45) is 0 Å². The standard InChI is InChI=1S/C18H26FN3O3S2/c1-21(2)27-25-22-8-4-5-13(11-22)24-17-10-16(19)15(18(23)20-26-3)9-14(17)12-6-7-12/h9-10,12-13H,4-8,11H2,1-3H3,(H,20,23). The van der Waals surface area contributed by atoms with E-state index in [4.69, 9.17) is 9.02 Å². The minimum atomic E-state index is -0.548. The van der Waals surface area contributed by atoms with Crippen molar-refractivity contribution in [2.45, 2.75) is 37.7 Å². The number of ether oxygens (including phenoxy) is 1. The Labute approximate surface area is 168 Å². The van der Waals surface area contributed by atoms with Gasteiger partial charge in [-0.15, -0.1) is 0 Å². The fourth-order valence-electron chi connectivity index (χ4n) is 3.07. The molecule has 2 fully saturated rings. The highest BCUT2D eigenvalue weighted by molar-refractivity contribution is 7.97. The maximum absolute atomic E-state index is 14.5. The summed E-state index contributed by atoms with van der Waals surface area (Å²) in [5.41, 5.74) is 1.01. The van der Waals surface area contributed by atoms with Crippen LogP contribution in [-0.2, 0) is 4.28 Å². The quantitative estimate of drug-likeness (QED) is 0.514. The van der Waals surface area contributed by atoms with E-state index in [1.807, 2.05) is 23.5 Å². The number of nitrogens with zero attached hydrogens (tertiary/aromatic N) is 2. The molecular formula is C18H26FN3O3S2. The third-order valence-corrected chi connectivity index (χ3v) is 5.44. The molecule has 27 heavy (non-hydrogen) atoms. The molecule has 150 valence electrons. The molecule has 1 saturated heterocycles. The maximum Gasteiger partial charge on any atom is 0.264 e. The summed E-state index contributed by atoms with van der Waals surface area (Å²) in [7, 11) is 3.84. The summed E-state index contributed by atoms with van der Waals surface area (Å²) in [5, 5.41) is 1.88. The highest BCUT2D eigenvalue weighted by atomic mass is 32.2. The van der Waals surface area contributed by atoms with Gasteiger partial charge >= 0.3 is 0 Å². The second-order valence-electron chi connectivity index (χ2n) is 7.01. The topological polar surface area (TPSA) is 54.0 Å². The van der Waals surface area contributed by atoms with Gasteiger partial charge in [-0.1, -0.05) is 11.9 Å². The molecule has 1 amide bonds. The number of hydroxylamine groups is 2. The van der Waals surface area contributed by atoms with E-state index in [9.17, 15) is 9.18 Å². The summed E-state index contributed by atoms with van der Waals surface area (Å²) in [5.74, 6) is -0.0519. The minimum Gasteiger partial charge on any atom is -0.489 e. The van der Waals surface area contributed by atoms with Gasteiger partial charge in [0.25, 0.3) is 5.91 Å². The fourth-order valence-corrected chi connectivity index (χ4v) is 3.73. The van der Waals surface area contributed by atoms with Crippen molar-refractivity contribution in [3.63, 3.8) is 0 Å². The lowest BCUT2D eigenvalue weighted by Crippen LogP contribution is -2.40. The Morgan fingerprint density at radius 1 is 1.33 bits per heavy atom. The van der Waals surface area contributed by atoms with Crippen LogP contribution in [0.15, 0.2) is 12.1 Å². The first kappa shape index (κ1) is 20.7. The molecule has 6 nitrogen and oxygen atoms in total. The van der Waals surface area contributed by atoms with E-state index < -0.39 is 11.7 Å². The number of amides is 1. The molecule has 9 heteroatoms. The van der Waals surface area contributed by atoms with Gasteiger partial charge < -0.3 is 4.74 Å². The first-order valence-corrected chi connectivity index (χ1v) is 11.0. The molecule has 0 aromatic heterocycles. The molecule has 0 spiro atoms. The molecule has 1 heterocycles. The summed E-state index contributed by atoms with van der Waals surface area (Å²) >= 11 is 2.43. The molecule has 1 atom stereocenters. The van der Waals surface area contributed by atoms with Gasteiger partial charge in [0.05, 0.1) is 12.1 Å². The second kappa shape index (κ2) is 9.47. The van der Waals surface area contributed by atoms with Crippen LogP contribution >= 0.6 is 24.2 Å². The van der Waals surface area contributed by atoms with Crippen LogP contribution in [0.2, 0.25) is 0 Å².